The van der Waals surface area contributed by atoms with E-state index < -0.39 is 11.7 Å². The number of nitrogens with two attached hydrogens (primary N) is 1. The van der Waals surface area contributed by atoms with Crippen molar-refractivity contribution in [1.82, 2.24) is 4.90 Å². The van der Waals surface area contributed by atoms with Crippen molar-refractivity contribution in [2.75, 3.05) is 13.2 Å². The van der Waals surface area contributed by atoms with Crippen molar-refractivity contribution in [2.45, 2.75) is 38.0 Å². The fourth-order valence-electron chi connectivity index (χ4n) is 2.57. The van der Waals surface area contributed by atoms with Crippen molar-refractivity contribution in [2.24, 2.45) is 5.73 Å². The lowest BCUT2D eigenvalue weighted by Gasteiger charge is -2.36. The molecule has 4 nitrogen and oxygen atoms in total. The summed E-state index contributed by atoms with van der Waals surface area (Å²) in [6.07, 6.45) is -2.99. The Morgan fingerprint density at radius 1 is 1.45 bits per heavy atom. The molecule has 22 heavy (non-hydrogen) atoms. The number of rotatable bonds is 3. The van der Waals surface area contributed by atoms with Crippen molar-refractivity contribution in [3.8, 4) is 5.75 Å². The minimum absolute atomic E-state index is 0.0151. The summed E-state index contributed by atoms with van der Waals surface area (Å²) >= 11 is 0. The Labute approximate surface area is 127 Å². The molecule has 0 aromatic heterocycles. The number of nitrogens with zero attached hydrogens (tertiary/aromatic N) is 1. The van der Waals surface area contributed by atoms with Gasteiger partial charge in [-0.15, -0.1) is 0 Å². The van der Waals surface area contributed by atoms with Gasteiger partial charge < -0.3 is 15.4 Å². The lowest BCUT2D eigenvalue weighted by Crippen LogP contribution is -2.49. The van der Waals surface area contributed by atoms with Gasteiger partial charge >= 0.3 is 6.18 Å². The van der Waals surface area contributed by atoms with Crippen LogP contribution in [0.2, 0.25) is 0 Å². The molecule has 1 amide bonds. The second kappa shape index (κ2) is 6.56. The summed E-state index contributed by atoms with van der Waals surface area (Å²) in [5.74, 6) is -0.207. The molecular weight excluding hydrogens is 297 g/mol. The fraction of sp³-hybridized carbons (Fsp3) is 0.533. The summed E-state index contributed by atoms with van der Waals surface area (Å²) < 4.78 is 43.0. The molecular formula is C15H19F3N2O2. The number of amides is 1. The zero-order valence-electron chi connectivity index (χ0n) is 12.3. The summed E-state index contributed by atoms with van der Waals surface area (Å²) in [5, 5.41) is 0. The first-order valence-electron chi connectivity index (χ1n) is 7.12. The van der Waals surface area contributed by atoms with E-state index in [1.54, 1.807) is 4.90 Å². The van der Waals surface area contributed by atoms with Crippen LogP contribution in [0.3, 0.4) is 0 Å². The number of benzene rings is 1. The standard InChI is InChI=1S/C15H19F3N2O2/c1-10-7-12(19)5-6-20(10)14(21)9-22-13-4-2-3-11(8-13)15(16,17)18/h2-4,8,10,12H,5-7,9,19H2,1H3. The van der Waals surface area contributed by atoms with Crippen molar-refractivity contribution in [3.63, 3.8) is 0 Å². The van der Waals surface area contributed by atoms with E-state index in [0.29, 0.717) is 6.54 Å². The minimum atomic E-state index is -4.43. The summed E-state index contributed by atoms with van der Waals surface area (Å²) in [5.41, 5.74) is 5.04. The van der Waals surface area contributed by atoms with E-state index >= 15 is 0 Å². The smallest absolute Gasteiger partial charge is 0.416 e. The van der Waals surface area contributed by atoms with E-state index in [1.807, 2.05) is 6.92 Å². The van der Waals surface area contributed by atoms with Crippen molar-refractivity contribution >= 4 is 5.91 Å². The zero-order valence-corrected chi connectivity index (χ0v) is 12.3. The van der Waals surface area contributed by atoms with Crippen LogP contribution in [-0.4, -0.2) is 36.0 Å². The highest BCUT2D eigenvalue weighted by Crippen LogP contribution is 2.31. The van der Waals surface area contributed by atoms with Crippen molar-refractivity contribution in [1.29, 1.82) is 0 Å². The van der Waals surface area contributed by atoms with E-state index in [4.69, 9.17) is 10.5 Å². The molecule has 0 spiro atoms. The molecule has 0 saturated carbocycles. The molecule has 122 valence electrons. The molecule has 1 aromatic rings. The van der Waals surface area contributed by atoms with Crippen LogP contribution >= 0.6 is 0 Å². The van der Waals surface area contributed by atoms with Crippen LogP contribution in [0.1, 0.15) is 25.3 Å². The van der Waals surface area contributed by atoms with Gasteiger partial charge in [0.15, 0.2) is 6.61 Å². The number of halogens is 3. The number of ether oxygens (including phenoxy) is 1. The van der Waals surface area contributed by atoms with E-state index in [-0.39, 0.29) is 30.3 Å². The summed E-state index contributed by atoms with van der Waals surface area (Å²) in [6.45, 7) is 2.18. The number of piperidine rings is 1. The van der Waals surface area contributed by atoms with Crippen LogP contribution < -0.4 is 10.5 Å². The second-order valence-corrected chi connectivity index (χ2v) is 5.53. The quantitative estimate of drug-likeness (QED) is 0.932. The first kappa shape index (κ1) is 16.6. The summed E-state index contributed by atoms with van der Waals surface area (Å²) in [7, 11) is 0. The monoisotopic (exact) mass is 316 g/mol. The SMILES string of the molecule is CC1CC(N)CCN1C(=O)COc1cccc(C(F)(F)F)c1. The molecule has 0 aliphatic carbocycles. The van der Waals surface area contributed by atoms with Crippen LogP contribution in [0.5, 0.6) is 5.75 Å². The van der Waals surface area contributed by atoms with E-state index in [9.17, 15) is 18.0 Å². The third-order valence-corrected chi connectivity index (χ3v) is 3.76. The van der Waals surface area contributed by atoms with Crippen LogP contribution in [0, 0.1) is 0 Å². The number of hydrogen-bond donors (Lipinski definition) is 1. The molecule has 1 aliphatic rings. The van der Waals surface area contributed by atoms with Crippen molar-refractivity contribution < 1.29 is 22.7 Å². The maximum atomic E-state index is 12.6. The molecule has 0 radical (unpaired) electrons. The first-order chi connectivity index (χ1) is 10.3. The molecule has 1 heterocycles. The lowest BCUT2D eigenvalue weighted by atomic mass is 9.99. The maximum Gasteiger partial charge on any atom is 0.416 e. The Morgan fingerprint density at radius 3 is 2.82 bits per heavy atom. The van der Waals surface area contributed by atoms with Crippen molar-refractivity contribution in [3.05, 3.63) is 29.8 Å². The Kier molecular flexibility index (Phi) is 4.95. The van der Waals surface area contributed by atoms with Crippen LogP contribution in [0.4, 0.5) is 13.2 Å². The number of alkyl halides is 3. The van der Waals surface area contributed by atoms with Gasteiger partial charge in [-0.2, -0.15) is 13.2 Å². The lowest BCUT2D eigenvalue weighted by molar-refractivity contribution is -0.137. The highest BCUT2D eigenvalue weighted by Gasteiger charge is 2.31. The van der Waals surface area contributed by atoms with E-state index in [1.165, 1.54) is 12.1 Å². The van der Waals surface area contributed by atoms with Gasteiger partial charge in [0.1, 0.15) is 5.75 Å². The van der Waals surface area contributed by atoms with E-state index in [2.05, 4.69) is 0 Å². The zero-order chi connectivity index (χ0) is 16.3. The fourth-order valence-corrected chi connectivity index (χ4v) is 2.57. The van der Waals surface area contributed by atoms with Gasteiger partial charge in [-0.1, -0.05) is 6.07 Å². The Morgan fingerprint density at radius 2 is 2.18 bits per heavy atom. The number of carbonyl (C=O) groups is 1. The van der Waals surface area contributed by atoms with Crippen LogP contribution in [0.25, 0.3) is 0 Å². The number of carbonyl (C=O) groups excluding carboxylic acids is 1. The van der Waals surface area contributed by atoms with Gasteiger partial charge in [0, 0.05) is 18.6 Å². The number of likely N-dealkylation sites (tertiary alicyclic amines) is 1. The van der Waals surface area contributed by atoms with Gasteiger partial charge in [-0.3, -0.25) is 4.79 Å². The van der Waals surface area contributed by atoms with Crippen LogP contribution in [-0.2, 0) is 11.0 Å². The molecule has 2 unspecified atom stereocenters. The molecule has 7 heteroatoms. The molecule has 2 rings (SSSR count). The van der Waals surface area contributed by atoms with Gasteiger partial charge in [0.25, 0.3) is 5.91 Å². The Bertz CT molecular complexity index is 534. The third-order valence-electron chi connectivity index (χ3n) is 3.76. The summed E-state index contributed by atoms with van der Waals surface area (Å²) in [6, 6.07) is 4.61. The Hall–Kier alpha value is -1.76. The average molecular weight is 316 g/mol. The predicted molar refractivity (Wildman–Crippen MR) is 75.3 cm³/mol. The van der Waals surface area contributed by atoms with Gasteiger partial charge in [0.2, 0.25) is 0 Å². The molecule has 1 aliphatic heterocycles. The molecule has 1 aromatic carbocycles. The largest absolute Gasteiger partial charge is 0.484 e. The average Bonchev–Trinajstić information content (AvgIpc) is 2.44. The molecule has 1 fully saturated rings. The third kappa shape index (κ3) is 4.13. The first-order valence-corrected chi connectivity index (χ1v) is 7.12. The van der Waals surface area contributed by atoms with E-state index in [0.717, 1.165) is 25.0 Å². The molecule has 2 N–H and O–H groups in total. The van der Waals surface area contributed by atoms with Gasteiger partial charge in [-0.05, 0) is 38.0 Å². The Balaban J connectivity index is 1.94. The van der Waals surface area contributed by atoms with Crippen LogP contribution in [0.15, 0.2) is 24.3 Å². The topological polar surface area (TPSA) is 55.6 Å². The highest BCUT2D eigenvalue weighted by atomic mass is 19.4. The highest BCUT2D eigenvalue weighted by molar-refractivity contribution is 5.78. The minimum Gasteiger partial charge on any atom is -0.484 e. The number of hydrogen-bond acceptors (Lipinski definition) is 3. The van der Waals surface area contributed by atoms with Gasteiger partial charge in [0.05, 0.1) is 5.56 Å². The molecule has 0 bridgehead atoms. The van der Waals surface area contributed by atoms with Gasteiger partial charge in [-0.25, -0.2) is 0 Å². The summed E-state index contributed by atoms with van der Waals surface area (Å²) in [4.78, 5) is 13.8. The second-order valence-electron chi connectivity index (χ2n) is 5.53. The maximum absolute atomic E-state index is 12.6. The molecule has 1 saturated heterocycles. The predicted octanol–water partition coefficient (Wildman–Crippen LogP) is 2.42. The normalized spacial score (nSPS) is 22.5. The molecule has 2 atom stereocenters.